The summed E-state index contributed by atoms with van der Waals surface area (Å²) in [7, 11) is 0. The molecule has 0 N–H and O–H groups in total. The lowest BCUT2D eigenvalue weighted by Crippen LogP contribution is -1.98. The Balaban J connectivity index is 1.48. The lowest BCUT2D eigenvalue weighted by atomic mass is 10.2. The standard InChI is InChI=1S/C16H10Cl2N6OS/c17-11-3-1-10(2-4-11)15-19-14(25-21-15)9-26-16-20-22-23-24(16)13-7-5-12(18)6-8-13/h1-8H,9H2. The number of benzene rings is 2. The highest BCUT2D eigenvalue weighted by Gasteiger charge is 2.13. The predicted octanol–water partition coefficient (Wildman–Crippen LogP) is 4.31. The highest BCUT2D eigenvalue weighted by Crippen LogP contribution is 2.24. The zero-order valence-electron chi connectivity index (χ0n) is 13.1. The highest BCUT2D eigenvalue weighted by molar-refractivity contribution is 7.98. The minimum Gasteiger partial charge on any atom is -0.338 e. The number of rotatable bonds is 5. The second kappa shape index (κ2) is 7.45. The number of nitrogens with zero attached hydrogens (tertiary/aromatic N) is 6. The van der Waals surface area contributed by atoms with Gasteiger partial charge in [-0.25, -0.2) is 0 Å². The fourth-order valence-electron chi connectivity index (χ4n) is 2.17. The van der Waals surface area contributed by atoms with Crippen molar-refractivity contribution in [2.45, 2.75) is 10.9 Å². The Labute approximate surface area is 162 Å². The number of aromatic nitrogens is 6. The van der Waals surface area contributed by atoms with Crippen molar-refractivity contribution in [1.82, 2.24) is 30.3 Å². The Morgan fingerprint density at radius 3 is 2.38 bits per heavy atom. The van der Waals surface area contributed by atoms with Gasteiger partial charge >= 0.3 is 0 Å². The van der Waals surface area contributed by atoms with Gasteiger partial charge in [-0.05, 0) is 59.0 Å². The molecule has 0 fully saturated rings. The summed E-state index contributed by atoms with van der Waals surface area (Å²) < 4.78 is 6.92. The van der Waals surface area contributed by atoms with Crippen LogP contribution in [0.4, 0.5) is 0 Å². The Bertz CT molecular complexity index is 1020. The van der Waals surface area contributed by atoms with Crippen LogP contribution in [-0.4, -0.2) is 30.3 Å². The summed E-state index contributed by atoms with van der Waals surface area (Å²) in [4.78, 5) is 4.39. The summed E-state index contributed by atoms with van der Waals surface area (Å²) in [5.74, 6) is 1.43. The Morgan fingerprint density at radius 2 is 1.65 bits per heavy atom. The molecule has 4 rings (SSSR count). The number of hydrogen-bond acceptors (Lipinski definition) is 7. The van der Waals surface area contributed by atoms with E-state index in [9.17, 15) is 0 Å². The van der Waals surface area contributed by atoms with Crippen LogP contribution in [0.3, 0.4) is 0 Å². The average Bonchev–Trinajstić information content (AvgIpc) is 3.30. The minimum absolute atomic E-state index is 0.439. The number of tetrazole rings is 1. The van der Waals surface area contributed by atoms with Gasteiger partial charge in [0.2, 0.25) is 16.9 Å². The molecule has 0 aliphatic heterocycles. The van der Waals surface area contributed by atoms with Crippen LogP contribution in [0.1, 0.15) is 5.89 Å². The molecule has 0 atom stereocenters. The van der Waals surface area contributed by atoms with Gasteiger partial charge in [0.05, 0.1) is 11.4 Å². The SMILES string of the molecule is Clc1ccc(-c2noc(CSc3nnnn3-c3ccc(Cl)cc3)n2)cc1. The third kappa shape index (κ3) is 3.72. The van der Waals surface area contributed by atoms with Gasteiger partial charge in [0.15, 0.2) is 0 Å². The van der Waals surface area contributed by atoms with Gasteiger partial charge in [-0.1, -0.05) is 40.1 Å². The molecule has 0 aliphatic carbocycles. The quantitative estimate of drug-likeness (QED) is 0.458. The lowest BCUT2D eigenvalue weighted by Gasteiger charge is -2.02. The second-order valence-electron chi connectivity index (χ2n) is 5.16. The summed E-state index contributed by atoms with van der Waals surface area (Å²) in [5, 5.41) is 17.7. The van der Waals surface area contributed by atoms with Gasteiger partial charge in [0.1, 0.15) is 0 Å². The molecule has 0 saturated carbocycles. The maximum Gasteiger partial charge on any atom is 0.237 e. The number of hydrogen-bond donors (Lipinski definition) is 0. The molecule has 130 valence electrons. The molecule has 0 aliphatic rings. The molecule has 10 heteroatoms. The summed E-state index contributed by atoms with van der Waals surface area (Å²) in [6.45, 7) is 0. The van der Waals surface area contributed by atoms with Gasteiger partial charge in [0, 0.05) is 15.6 Å². The smallest absolute Gasteiger partial charge is 0.237 e. The van der Waals surface area contributed by atoms with Crippen molar-refractivity contribution in [1.29, 1.82) is 0 Å². The van der Waals surface area contributed by atoms with Gasteiger partial charge in [0.25, 0.3) is 0 Å². The first-order valence-electron chi connectivity index (χ1n) is 7.45. The monoisotopic (exact) mass is 404 g/mol. The maximum atomic E-state index is 5.91. The average molecular weight is 405 g/mol. The maximum absolute atomic E-state index is 5.91. The molecular weight excluding hydrogens is 395 g/mol. The van der Waals surface area contributed by atoms with Crippen LogP contribution in [0, 0.1) is 0 Å². The van der Waals surface area contributed by atoms with Crippen molar-refractivity contribution in [2.75, 3.05) is 0 Å². The Kier molecular flexibility index (Phi) is 4.87. The summed E-state index contributed by atoms with van der Waals surface area (Å²) >= 11 is 13.2. The molecule has 26 heavy (non-hydrogen) atoms. The fraction of sp³-hybridized carbons (Fsp3) is 0.0625. The van der Waals surface area contributed by atoms with E-state index in [4.69, 9.17) is 27.7 Å². The predicted molar refractivity (Wildman–Crippen MR) is 98.5 cm³/mol. The van der Waals surface area contributed by atoms with Crippen molar-refractivity contribution < 1.29 is 4.52 Å². The first kappa shape index (κ1) is 17.0. The van der Waals surface area contributed by atoms with E-state index < -0.39 is 0 Å². The Hall–Kier alpha value is -2.42. The van der Waals surface area contributed by atoms with Gasteiger partial charge in [-0.3, -0.25) is 0 Å². The normalized spacial score (nSPS) is 11.0. The van der Waals surface area contributed by atoms with E-state index in [0.717, 1.165) is 11.3 Å². The molecule has 2 aromatic heterocycles. The minimum atomic E-state index is 0.439. The van der Waals surface area contributed by atoms with E-state index in [1.807, 2.05) is 24.3 Å². The molecule has 0 amide bonds. The molecule has 0 spiro atoms. The van der Waals surface area contributed by atoms with Crippen molar-refractivity contribution in [3.05, 3.63) is 64.5 Å². The van der Waals surface area contributed by atoms with E-state index in [0.29, 0.717) is 32.7 Å². The molecule has 0 unspecified atom stereocenters. The number of thioether (sulfide) groups is 1. The largest absolute Gasteiger partial charge is 0.338 e. The number of halogens is 2. The van der Waals surface area contributed by atoms with E-state index in [1.54, 1.807) is 28.9 Å². The zero-order valence-corrected chi connectivity index (χ0v) is 15.4. The van der Waals surface area contributed by atoms with Crippen LogP contribution >= 0.6 is 35.0 Å². The van der Waals surface area contributed by atoms with Gasteiger partial charge in [-0.15, -0.1) is 5.10 Å². The van der Waals surface area contributed by atoms with Crippen LogP contribution in [0.5, 0.6) is 0 Å². The van der Waals surface area contributed by atoms with Crippen LogP contribution in [0.15, 0.2) is 58.2 Å². The van der Waals surface area contributed by atoms with Crippen LogP contribution in [0.2, 0.25) is 10.0 Å². The second-order valence-corrected chi connectivity index (χ2v) is 6.97. The molecule has 0 bridgehead atoms. The van der Waals surface area contributed by atoms with Crippen molar-refractivity contribution in [3.8, 4) is 17.1 Å². The van der Waals surface area contributed by atoms with Crippen LogP contribution in [-0.2, 0) is 5.75 Å². The third-order valence-corrected chi connectivity index (χ3v) is 4.82. The van der Waals surface area contributed by atoms with E-state index in [1.165, 1.54) is 11.8 Å². The molecule has 2 aromatic carbocycles. The first-order valence-corrected chi connectivity index (χ1v) is 9.19. The van der Waals surface area contributed by atoms with E-state index >= 15 is 0 Å². The third-order valence-electron chi connectivity index (χ3n) is 3.41. The molecular formula is C16H10Cl2N6OS. The summed E-state index contributed by atoms with van der Waals surface area (Å²) in [6.07, 6.45) is 0. The van der Waals surface area contributed by atoms with E-state index in [2.05, 4.69) is 25.7 Å². The molecule has 0 saturated heterocycles. The summed E-state index contributed by atoms with van der Waals surface area (Å²) in [6, 6.07) is 14.5. The summed E-state index contributed by atoms with van der Waals surface area (Å²) in [5.41, 5.74) is 1.65. The molecule has 2 heterocycles. The Morgan fingerprint density at radius 1 is 0.962 bits per heavy atom. The molecule has 4 aromatic rings. The van der Waals surface area contributed by atoms with Crippen molar-refractivity contribution in [3.63, 3.8) is 0 Å². The topological polar surface area (TPSA) is 82.5 Å². The molecule has 7 nitrogen and oxygen atoms in total. The lowest BCUT2D eigenvalue weighted by molar-refractivity contribution is 0.391. The first-order chi connectivity index (χ1) is 12.7. The molecule has 0 radical (unpaired) electrons. The fourth-order valence-corrected chi connectivity index (χ4v) is 3.15. The van der Waals surface area contributed by atoms with Gasteiger partial charge in [-0.2, -0.15) is 9.67 Å². The highest BCUT2D eigenvalue weighted by atomic mass is 35.5. The van der Waals surface area contributed by atoms with Crippen molar-refractivity contribution >= 4 is 35.0 Å². The van der Waals surface area contributed by atoms with Crippen molar-refractivity contribution in [2.24, 2.45) is 0 Å². The van der Waals surface area contributed by atoms with Crippen LogP contribution in [0.25, 0.3) is 17.1 Å². The van der Waals surface area contributed by atoms with Gasteiger partial charge < -0.3 is 4.52 Å². The van der Waals surface area contributed by atoms with E-state index in [-0.39, 0.29) is 0 Å². The zero-order chi connectivity index (χ0) is 17.9. The van der Waals surface area contributed by atoms with Crippen LogP contribution < -0.4 is 0 Å².